The normalized spacial score (nSPS) is 10.7. The fourth-order valence-corrected chi connectivity index (χ4v) is 3.57. The highest BCUT2D eigenvalue weighted by Crippen LogP contribution is 2.34. The van der Waals surface area contributed by atoms with Crippen LogP contribution >= 0.6 is 0 Å². The van der Waals surface area contributed by atoms with Crippen molar-refractivity contribution >= 4 is 29.1 Å². The van der Waals surface area contributed by atoms with E-state index < -0.39 is 23.7 Å². The first-order valence-electron chi connectivity index (χ1n) is 12.9. The van der Waals surface area contributed by atoms with E-state index >= 15 is 4.39 Å². The maximum Gasteiger partial charge on any atom is 0.335 e. The van der Waals surface area contributed by atoms with Crippen LogP contribution in [0.2, 0.25) is 0 Å². The molecule has 0 fully saturated rings. The smallest absolute Gasteiger partial charge is 0.335 e. The predicted molar refractivity (Wildman–Crippen MR) is 161 cm³/mol. The summed E-state index contributed by atoms with van der Waals surface area (Å²) in [6, 6.07) is 16.0. The summed E-state index contributed by atoms with van der Waals surface area (Å²) in [4.78, 5) is 35.0. The van der Waals surface area contributed by atoms with Gasteiger partial charge in [0, 0.05) is 34.9 Å². The van der Waals surface area contributed by atoms with Crippen LogP contribution in [-0.4, -0.2) is 24.7 Å². The molecule has 3 aromatic carbocycles. The molecule has 0 saturated carbocycles. The molecule has 3 aromatic rings. The van der Waals surface area contributed by atoms with Gasteiger partial charge in [-0.25, -0.2) is 18.8 Å². The zero-order chi connectivity index (χ0) is 31.5. The van der Waals surface area contributed by atoms with Gasteiger partial charge in [-0.3, -0.25) is 0 Å². The summed E-state index contributed by atoms with van der Waals surface area (Å²) in [5, 5.41) is 0. The van der Waals surface area contributed by atoms with Gasteiger partial charge in [-0.05, 0) is 79.9 Å². The van der Waals surface area contributed by atoms with Gasteiger partial charge >= 0.3 is 17.9 Å². The molecular weight excluding hydrogens is 551 g/mol. The fraction of sp³-hybridized carbons (Fsp3) is 0.114. The molecule has 218 valence electrons. The Morgan fingerprint density at radius 3 is 2.02 bits per heavy atom. The van der Waals surface area contributed by atoms with Crippen molar-refractivity contribution in [3.05, 3.63) is 126 Å². The van der Waals surface area contributed by atoms with Gasteiger partial charge in [-0.15, -0.1) is 0 Å². The third-order valence-corrected chi connectivity index (χ3v) is 6.05. The Morgan fingerprint density at radius 1 is 0.814 bits per heavy atom. The van der Waals surface area contributed by atoms with E-state index in [0.29, 0.717) is 28.2 Å². The number of ether oxygens (including phenoxy) is 4. The van der Waals surface area contributed by atoms with Crippen molar-refractivity contribution in [1.29, 1.82) is 0 Å². The quantitative estimate of drug-likeness (QED) is 0.0650. The number of allylic oxidation sites excluding steroid dienone is 2. The van der Waals surface area contributed by atoms with Crippen LogP contribution in [0.3, 0.4) is 0 Å². The molecule has 0 heterocycles. The zero-order valence-electron chi connectivity index (χ0n) is 24.0. The van der Waals surface area contributed by atoms with Crippen molar-refractivity contribution in [1.82, 2.24) is 0 Å². The van der Waals surface area contributed by atoms with Gasteiger partial charge < -0.3 is 18.9 Å². The highest BCUT2D eigenvalue weighted by atomic mass is 19.1. The maximum atomic E-state index is 15.3. The minimum Gasteiger partial charge on any atom is -0.457 e. The van der Waals surface area contributed by atoms with E-state index in [0.717, 1.165) is 23.3 Å². The van der Waals surface area contributed by atoms with Crippen LogP contribution in [0.1, 0.15) is 43.0 Å². The molecule has 0 aliphatic heterocycles. The van der Waals surface area contributed by atoms with E-state index in [4.69, 9.17) is 18.9 Å². The molecule has 0 aliphatic rings. The van der Waals surface area contributed by atoms with E-state index in [1.807, 2.05) is 6.92 Å². The van der Waals surface area contributed by atoms with Crippen molar-refractivity contribution in [2.75, 3.05) is 6.79 Å². The van der Waals surface area contributed by atoms with Gasteiger partial charge in [0.2, 0.25) is 6.79 Å². The van der Waals surface area contributed by atoms with E-state index in [9.17, 15) is 14.4 Å². The predicted octanol–water partition coefficient (Wildman–Crippen LogP) is 6.81. The average molecular weight is 581 g/mol. The minimum absolute atomic E-state index is 0.0112. The van der Waals surface area contributed by atoms with E-state index in [2.05, 4.69) is 31.6 Å². The Bertz CT molecular complexity index is 1670. The lowest BCUT2D eigenvalue weighted by atomic mass is 9.95. The van der Waals surface area contributed by atoms with Crippen molar-refractivity contribution in [2.45, 2.75) is 20.8 Å². The first kappa shape index (κ1) is 31.8. The second-order valence-corrected chi connectivity index (χ2v) is 9.10. The SMILES string of the molecule is C=CC(=O)Oc1ccc(C#Cc2cc(OC(=O)C=C)c(C(C)=C(C)c3ccc(OCOC(=O)C(=C)C)cc3)cc2F)cc1. The third kappa shape index (κ3) is 8.90. The summed E-state index contributed by atoms with van der Waals surface area (Å²) < 4.78 is 36.2. The molecule has 0 N–H and O–H groups in total. The Morgan fingerprint density at radius 2 is 1.42 bits per heavy atom. The second kappa shape index (κ2) is 14.8. The van der Waals surface area contributed by atoms with Crippen LogP contribution < -0.4 is 14.2 Å². The molecule has 0 saturated heterocycles. The van der Waals surface area contributed by atoms with Gasteiger partial charge in [-0.2, -0.15) is 0 Å². The van der Waals surface area contributed by atoms with E-state index in [1.165, 1.54) is 12.1 Å². The summed E-state index contributed by atoms with van der Waals surface area (Å²) in [6.45, 7) is 15.2. The van der Waals surface area contributed by atoms with Gasteiger partial charge in [0.05, 0.1) is 5.56 Å². The highest BCUT2D eigenvalue weighted by Gasteiger charge is 2.16. The summed E-state index contributed by atoms with van der Waals surface area (Å²) >= 11 is 0. The molecule has 0 unspecified atom stereocenters. The Labute approximate surface area is 249 Å². The summed E-state index contributed by atoms with van der Waals surface area (Å²) in [7, 11) is 0. The van der Waals surface area contributed by atoms with E-state index in [-0.39, 0.29) is 23.7 Å². The van der Waals surface area contributed by atoms with Crippen molar-refractivity contribution in [2.24, 2.45) is 0 Å². The molecule has 0 aliphatic carbocycles. The van der Waals surface area contributed by atoms with Crippen LogP contribution in [-0.2, 0) is 19.1 Å². The zero-order valence-corrected chi connectivity index (χ0v) is 24.0. The van der Waals surface area contributed by atoms with Gasteiger partial charge in [0.25, 0.3) is 0 Å². The van der Waals surface area contributed by atoms with Crippen LogP contribution in [0.5, 0.6) is 17.2 Å². The molecule has 3 rings (SSSR count). The topological polar surface area (TPSA) is 88.1 Å². The second-order valence-electron chi connectivity index (χ2n) is 9.10. The molecule has 0 bridgehead atoms. The van der Waals surface area contributed by atoms with Crippen LogP contribution in [0.4, 0.5) is 4.39 Å². The molecule has 8 heteroatoms. The molecule has 0 radical (unpaired) electrons. The summed E-state index contributed by atoms with van der Waals surface area (Å²) in [5.74, 6) is 4.05. The number of rotatable bonds is 10. The first-order valence-corrected chi connectivity index (χ1v) is 12.9. The van der Waals surface area contributed by atoms with Crippen molar-refractivity contribution in [3.8, 4) is 29.1 Å². The average Bonchev–Trinajstić information content (AvgIpc) is 3.01. The number of benzene rings is 3. The molecule has 0 amide bonds. The minimum atomic E-state index is -0.712. The number of halogens is 1. The fourth-order valence-electron chi connectivity index (χ4n) is 3.57. The van der Waals surface area contributed by atoms with Gasteiger partial charge in [-0.1, -0.05) is 43.7 Å². The van der Waals surface area contributed by atoms with Crippen LogP contribution in [0.15, 0.2) is 98.1 Å². The molecule has 43 heavy (non-hydrogen) atoms. The molecule has 0 spiro atoms. The standard InChI is InChI=1S/C35H29FO7/c1-7-33(37)42-29-15-10-25(11-16-29)9-12-27-19-32(43-34(38)8-2)30(20-31(27)36)24(6)23(5)26-13-17-28(18-14-26)40-21-41-35(39)22(3)4/h7-8,10-11,13-20H,1-3,21H2,4-6H3. The van der Waals surface area contributed by atoms with Crippen molar-refractivity contribution in [3.63, 3.8) is 0 Å². The highest BCUT2D eigenvalue weighted by molar-refractivity contribution is 5.92. The number of hydrogen-bond acceptors (Lipinski definition) is 7. The van der Waals surface area contributed by atoms with Crippen LogP contribution in [0, 0.1) is 17.7 Å². The van der Waals surface area contributed by atoms with Crippen molar-refractivity contribution < 1.29 is 37.7 Å². The Hall–Kier alpha value is -5.68. The van der Waals surface area contributed by atoms with E-state index in [1.54, 1.807) is 62.4 Å². The lowest BCUT2D eigenvalue weighted by Crippen LogP contribution is -2.10. The monoisotopic (exact) mass is 580 g/mol. The number of hydrogen-bond donors (Lipinski definition) is 0. The Balaban J connectivity index is 1.89. The number of carbonyl (C=O) groups excluding carboxylic acids is 3. The molecule has 7 nitrogen and oxygen atoms in total. The lowest BCUT2D eigenvalue weighted by molar-refractivity contribution is -0.145. The third-order valence-electron chi connectivity index (χ3n) is 6.05. The molecule has 0 atom stereocenters. The first-order chi connectivity index (χ1) is 20.5. The summed E-state index contributed by atoms with van der Waals surface area (Å²) in [5.41, 5.74) is 3.42. The maximum absolute atomic E-state index is 15.3. The molecular formula is C35H29FO7. The molecule has 0 aromatic heterocycles. The number of carbonyl (C=O) groups is 3. The lowest BCUT2D eigenvalue weighted by Gasteiger charge is -2.15. The largest absolute Gasteiger partial charge is 0.457 e. The van der Waals surface area contributed by atoms with Gasteiger partial charge in [0.15, 0.2) is 0 Å². The Kier molecular flexibility index (Phi) is 11.0. The number of esters is 3. The van der Waals surface area contributed by atoms with Gasteiger partial charge in [0.1, 0.15) is 23.1 Å². The summed E-state index contributed by atoms with van der Waals surface area (Å²) in [6.07, 6.45) is 2.06. The van der Waals surface area contributed by atoms with Crippen LogP contribution in [0.25, 0.3) is 11.1 Å².